The minimum absolute atomic E-state index is 0.0886. The molecule has 1 heterocycles. The van der Waals surface area contributed by atoms with Crippen molar-refractivity contribution in [1.29, 1.82) is 0 Å². The standard InChI is InChI=1S/C11H8Br2N2O2S/c1-5-8(10(16)17)14-11(18-5)15-9-6(12)3-2-4-7(9)13/h2-4H,1H3,(H,14,15)(H,16,17). The third kappa shape index (κ3) is 2.73. The highest BCUT2D eigenvalue weighted by Crippen LogP contribution is 2.34. The summed E-state index contributed by atoms with van der Waals surface area (Å²) in [4.78, 5) is 15.6. The second-order valence-corrected chi connectivity index (χ2v) is 6.36. The molecule has 7 heteroatoms. The third-order valence-corrected chi connectivity index (χ3v) is 4.40. The van der Waals surface area contributed by atoms with Crippen LogP contribution in [0.4, 0.5) is 10.8 Å². The van der Waals surface area contributed by atoms with Crippen molar-refractivity contribution < 1.29 is 9.90 Å². The number of nitrogens with zero attached hydrogens (tertiary/aromatic N) is 1. The largest absolute Gasteiger partial charge is 0.476 e. The van der Waals surface area contributed by atoms with Crippen molar-refractivity contribution in [3.05, 3.63) is 37.7 Å². The molecular formula is C11H8Br2N2O2S. The molecule has 2 rings (SSSR count). The number of rotatable bonds is 3. The van der Waals surface area contributed by atoms with Crippen molar-refractivity contribution in [1.82, 2.24) is 4.98 Å². The fraction of sp³-hybridized carbons (Fsp3) is 0.0909. The number of carboxylic acid groups (broad SMARTS) is 1. The fourth-order valence-corrected chi connectivity index (χ4v) is 3.38. The number of carbonyl (C=O) groups is 1. The van der Waals surface area contributed by atoms with Gasteiger partial charge >= 0.3 is 5.97 Å². The minimum Gasteiger partial charge on any atom is -0.476 e. The Kier molecular flexibility index (Phi) is 4.04. The zero-order valence-electron chi connectivity index (χ0n) is 9.20. The smallest absolute Gasteiger partial charge is 0.355 e. The molecule has 18 heavy (non-hydrogen) atoms. The number of aromatic nitrogens is 1. The van der Waals surface area contributed by atoms with Crippen molar-refractivity contribution in [3.8, 4) is 0 Å². The molecule has 2 N–H and O–H groups in total. The maximum Gasteiger partial charge on any atom is 0.355 e. The van der Waals surface area contributed by atoms with Crippen LogP contribution in [0.5, 0.6) is 0 Å². The van der Waals surface area contributed by atoms with Crippen LogP contribution in [0.2, 0.25) is 0 Å². The molecule has 0 aliphatic carbocycles. The number of hydrogen-bond donors (Lipinski definition) is 2. The normalized spacial score (nSPS) is 10.4. The molecule has 0 amide bonds. The lowest BCUT2D eigenvalue weighted by atomic mass is 10.3. The van der Waals surface area contributed by atoms with Crippen LogP contribution in [0, 0.1) is 6.92 Å². The molecule has 1 aromatic carbocycles. The Labute approximate surface area is 124 Å². The van der Waals surface area contributed by atoms with E-state index in [4.69, 9.17) is 5.11 Å². The molecule has 0 unspecified atom stereocenters. The van der Waals surface area contributed by atoms with Crippen molar-refractivity contribution in [3.63, 3.8) is 0 Å². The lowest BCUT2D eigenvalue weighted by Gasteiger charge is -2.07. The van der Waals surface area contributed by atoms with Gasteiger partial charge < -0.3 is 10.4 Å². The molecule has 0 fully saturated rings. The van der Waals surface area contributed by atoms with Crippen LogP contribution in [0.15, 0.2) is 27.1 Å². The molecule has 1 aromatic heterocycles. The summed E-state index contributed by atoms with van der Waals surface area (Å²) in [5.41, 5.74) is 0.911. The van der Waals surface area contributed by atoms with Gasteiger partial charge in [-0.2, -0.15) is 0 Å². The maximum absolute atomic E-state index is 10.9. The molecule has 0 saturated carbocycles. The zero-order valence-corrected chi connectivity index (χ0v) is 13.2. The number of nitrogens with one attached hydrogen (secondary N) is 1. The molecule has 0 aliphatic rings. The monoisotopic (exact) mass is 390 g/mol. The molecule has 94 valence electrons. The number of carboxylic acids is 1. The van der Waals surface area contributed by atoms with Crippen LogP contribution in [-0.4, -0.2) is 16.1 Å². The van der Waals surface area contributed by atoms with Gasteiger partial charge in [0.25, 0.3) is 0 Å². The Morgan fingerprint density at radius 3 is 2.50 bits per heavy atom. The lowest BCUT2D eigenvalue weighted by Crippen LogP contribution is -1.99. The molecule has 2 aromatic rings. The molecule has 0 atom stereocenters. The Morgan fingerprint density at radius 2 is 2.00 bits per heavy atom. The first-order valence-corrected chi connectivity index (χ1v) is 7.31. The van der Waals surface area contributed by atoms with E-state index in [1.807, 2.05) is 18.2 Å². The van der Waals surface area contributed by atoms with E-state index in [1.54, 1.807) is 6.92 Å². The Hall–Kier alpha value is -0.920. The van der Waals surface area contributed by atoms with E-state index < -0.39 is 5.97 Å². The van der Waals surface area contributed by atoms with E-state index in [0.29, 0.717) is 10.0 Å². The van der Waals surface area contributed by atoms with E-state index in [-0.39, 0.29) is 5.69 Å². The van der Waals surface area contributed by atoms with Crippen LogP contribution in [0.3, 0.4) is 0 Å². The van der Waals surface area contributed by atoms with Gasteiger partial charge in [-0.15, -0.1) is 11.3 Å². The Morgan fingerprint density at radius 1 is 1.39 bits per heavy atom. The number of aromatic carboxylic acids is 1. The Bertz CT molecular complexity index is 593. The first-order chi connectivity index (χ1) is 8.49. The average Bonchev–Trinajstić information content (AvgIpc) is 2.65. The summed E-state index contributed by atoms with van der Waals surface area (Å²) in [7, 11) is 0. The highest BCUT2D eigenvalue weighted by Gasteiger charge is 2.15. The molecular weight excluding hydrogens is 384 g/mol. The highest BCUT2D eigenvalue weighted by molar-refractivity contribution is 9.11. The van der Waals surface area contributed by atoms with E-state index >= 15 is 0 Å². The zero-order chi connectivity index (χ0) is 13.3. The number of thiazole rings is 1. The first-order valence-electron chi connectivity index (χ1n) is 4.91. The third-order valence-electron chi connectivity index (χ3n) is 2.19. The molecule has 4 nitrogen and oxygen atoms in total. The summed E-state index contributed by atoms with van der Waals surface area (Å²) >= 11 is 8.16. The van der Waals surface area contributed by atoms with E-state index in [1.165, 1.54) is 11.3 Å². The summed E-state index contributed by atoms with van der Waals surface area (Å²) in [5, 5.41) is 12.6. The minimum atomic E-state index is -1.01. The van der Waals surface area contributed by atoms with E-state index in [0.717, 1.165) is 14.6 Å². The summed E-state index contributed by atoms with van der Waals surface area (Å²) in [6.07, 6.45) is 0. The SMILES string of the molecule is Cc1sc(Nc2c(Br)cccc2Br)nc1C(=O)O. The number of para-hydroxylation sites is 1. The highest BCUT2D eigenvalue weighted by atomic mass is 79.9. The van der Waals surface area contributed by atoms with Gasteiger partial charge in [0.1, 0.15) is 0 Å². The predicted octanol–water partition coefficient (Wildman–Crippen LogP) is 4.42. The summed E-state index contributed by atoms with van der Waals surface area (Å²) < 4.78 is 1.75. The number of hydrogen-bond acceptors (Lipinski definition) is 4. The van der Waals surface area contributed by atoms with Crippen molar-refractivity contribution in [2.45, 2.75) is 6.92 Å². The molecule has 0 spiro atoms. The van der Waals surface area contributed by atoms with Crippen LogP contribution in [0.25, 0.3) is 0 Å². The Balaban J connectivity index is 2.35. The van der Waals surface area contributed by atoms with Gasteiger partial charge in [0.05, 0.1) is 5.69 Å². The van der Waals surface area contributed by atoms with Crippen LogP contribution < -0.4 is 5.32 Å². The second-order valence-electron chi connectivity index (χ2n) is 3.45. The fourth-order valence-electron chi connectivity index (χ4n) is 1.37. The number of benzene rings is 1. The van der Waals surface area contributed by atoms with Crippen LogP contribution in [0.1, 0.15) is 15.4 Å². The maximum atomic E-state index is 10.9. The summed E-state index contributed by atoms with van der Waals surface area (Å²) in [6, 6.07) is 5.69. The van der Waals surface area contributed by atoms with Crippen LogP contribution in [-0.2, 0) is 0 Å². The lowest BCUT2D eigenvalue weighted by molar-refractivity contribution is 0.0690. The van der Waals surface area contributed by atoms with Gasteiger partial charge in [-0.1, -0.05) is 6.07 Å². The molecule has 0 saturated heterocycles. The van der Waals surface area contributed by atoms with Crippen molar-refractivity contribution in [2.24, 2.45) is 0 Å². The average molecular weight is 392 g/mol. The van der Waals surface area contributed by atoms with Gasteiger partial charge in [-0.25, -0.2) is 9.78 Å². The number of anilines is 2. The van der Waals surface area contributed by atoms with Gasteiger partial charge in [-0.3, -0.25) is 0 Å². The van der Waals surface area contributed by atoms with Gasteiger partial charge in [0.15, 0.2) is 10.8 Å². The van der Waals surface area contributed by atoms with Crippen molar-refractivity contribution >= 4 is 60.0 Å². The first kappa shape index (κ1) is 13.5. The topological polar surface area (TPSA) is 62.2 Å². The van der Waals surface area contributed by atoms with Gasteiger partial charge in [-0.05, 0) is 50.9 Å². The van der Waals surface area contributed by atoms with E-state index in [9.17, 15) is 4.79 Å². The van der Waals surface area contributed by atoms with E-state index in [2.05, 4.69) is 42.2 Å². The quantitative estimate of drug-likeness (QED) is 0.812. The van der Waals surface area contributed by atoms with Crippen LogP contribution >= 0.6 is 43.2 Å². The predicted molar refractivity (Wildman–Crippen MR) is 78.9 cm³/mol. The van der Waals surface area contributed by atoms with Gasteiger partial charge in [0.2, 0.25) is 0 Å². The van der Waals surface area contributed by atoms with Gasteiger partial charge in [0, 0.05) is 13.8 Å². The summed E-state index contributed by atoms with van der Waals surface area (Å²) in [6.45, 7) is 1.74. The number of halogens is 2. The van der Waals surface area contributed by atoms with Crippen molar-refractivity contribution in [2.75, 3.05) is 5.32 Å². The molecule has 0 bridgehead atoms. The second kappa shape index (κ2) is 5.38. The molecule has 0 aliphatic heterocycles. The summed E-state index contributed by atoms with van der Waals surface area (Å²) in [5.74, 6) is -1.01. The number of aryl methyl sites for hydroxylation is 1. The molecule has 0 radical (unpaired) electrons.